The van der Waals surface area contributed by atoms with Gasteiger partial charge >= 0.3 is 0 Å². The quantitative estimate of drug-likeness (QED) is 0.192. The number of hydrogen-bond acceptors (Lipinski definition) is 6. The second-order valence-corrected chi connectivity index (χ2v) is 14.3. The van der Waals surface area contributed by atoms with Gasteiger partial charge in [0.25, 0.3) is 0 Å². The molecule has 0 saturated carbocycles. The van der Waals surface area contributed by atoms with Gasteiger partial charge in [-0.15, -0.1) is 0 Å². The fourth-order valence-corrected chi connectivity index (χ4v) is 8.70. The van der Waals surface area contributed by atoms with E-state index in [0.29, 0.717) is 29.9 Å². The van der Waals surface area contributed by atoms with Crippen LogP contribution in [-0.4, -0.2) is 70.6 Å². The summed E-state index contributed by atoms with van der Waals surface area (Å²) in [6.45, 7) is 12.7. The lowest BCUT2D eigenvalue weighted by Crippen LogP contribution is -2.43. The molecule has 1 aliphatic rings. The summed E-state index contributed by atoms with van der Waals surface area (Å²) in [6, 6.07) is 13.6. The highest BCUT2D eigenvalue weighted by molar-refractivity contribution is 7.91. The second kappa shape index (κ2) is 16.1. The van der Waals surface area contributed by atoms with Gasteiger partial charge in [-0.25, -0.2) is 8.42 Å². The van der Waals surface area contributed by atoms with Crippen molar-refractivity contribution in [2.24, 2.45) is 5.41 Å². The van der Waals surface area contributed by atoms with E-state index in [9.17, 15) is 13.5 Å². The smallest absolute Gasteiger partial charge is 0.179 e. The number of hydrogen-bond donors (Lipinski definition) is 1. The minimum absolute atomic E-state index is 0.0125. The summed E-state index contributed by atoms with van der Waals surface area (Å²) in [6.07, 6.45) is 7.62. The normalized spacial score (nSPS) is 19.3. The predicted molar refractivity (Wildman–Crippen MR) is 176 cm³/mol. The highest BCUT2D eigenvalue weighted by Crippen LogP contribution is 2.50. The maximum absolute atomic E-state index is 14.0. The highest BCUT2D eigenvalue weighted by Gasteiger charge is 2.49. The lowest BCUT2D eigenvalue weighted by Gasteiger charge is -2.40. The highest BCUT2D eigenvalue weighted by atomic mass is 32.2. The number of sulfone groups is 1. The van der Waals surface area contributed by atoms with Crippen LogP contribution in [0.5, 0.6) is 5.75 Å². The van der Waals surface area contributed by atoms with Gasteiger partial charge in [-0.3, -0.25) is 0 Å². The minimum atomic E-state index is -3.61. The Balaban J connectivity index is 1.92. The Morgan fingerprint density at radius 3 is 2.10 bits per heavy atom. The summed E-state index contributed by atoms with van der Waals surface area (Å²) in [5.74, 6) is 0.352. The number of unbranched alkanes of at least 4 members (excludes halogenated alkanes) is 4. The first-order valence-electron chi connectivity index (χ1n) is 16.3. The zero-order chi connectivity index (χ0) is 30.8. The summed E-state index contributed by atoms with van der Waals surface area (Å²) in [7, 11) is 0.312. The molecule has 2 aromatic rings. The first kappa shape index (κ1) is 34.4. The van der Waals surface area contributed by atoms with Crippen LogP contribution >= 0.6 is 0 Å². The van der Waals surface area contributed by atoms with Gasteiger partial charge in [0.2, 0.25) is 0 Å². The average Bonchev–Trinajstić information content (AvgIpc) is 3.05. The van der Waals surface area contributed by atoms with Crippen LogP contribution in [0.15, 0.2) is 47.4 Å². The van der Waals surface area contributed by atoms with E-state index in [4.69, 9.17) is 4.74 Å². The van der Waals surface area contributed by atoms with Crippen molar-refractivity contribution in [2.75, 3.05) is 51.0 Å². The Morgan fingerprint density at radius 2 is 1.52 bits per heavy atom. The standard InChI is InChI=1S/C35H56N2O4S/c1-7-11-22-35(23-12-8-2)27-42(39,40)32-21-18-29(36(5)6)26-31(32)33(34(35)38)28-16-19-30(20-17-28)41-25-15-13-14-24-37(9-3)10-4/h16-21,26,33-34,38H,7-15,22-25,27H2,1-6H3/t33?,34-/m1/s1. The molecule has 7 heteroatoms. The van der Waals surface area contributed by atoms with Gasteiger partial charge < -0.3 is 19.6 Å². The van der Waals surface area contributed by atoms with Crippen LogP contribution in [0, 0.1) is 5.41 Å². The Kier molecular flexibility index (Phi) is 13.2. The summed E-state index contributed by atoms with van der Waals surface area (Å²) < 4.78 is 34.1. The molecule has 42 heavy (non-hydrogen) atoms. The lowest BCUT2D eigenvalue weighted by molar-refractivity contribution is 0.0127. The fraction of sp³-hybridized carbons (Fsp3) is 0.657. The van der Waals surface area contributed by atoms with Crippen LogP contribution < -0.4 is 9.64 Å². The third kappa shape index (κ3) is 8.51. The Bertz CT molecular complexity index is 1180. The van der Waals surface area contributed by atoms with Crippen LogP contribution in [0.2, 0.25) is 0 Å². The van der Waals surface area contributed by atoms with Crippen molar-refractivity contribution in [3.05, 3.63) is 53.6 Å². The summed E-state index contributed by atoms with van der Waals surface area (Å²) in [5.41, 5.74) is 1.86. The van der Waals surface area contributed by atoms with Gasteiger partial charge in [0.1, 0.15) is 5.75 Å². The van der Waals surface area contributed by atoms with E-state index in [2.05, 4.69) is 32.6 Å². The molecule has 0 radical (unpaired) electrons. The molecule has 0 fully saturated rings. The molecule has 3 rings (SSSR count). The van der Waals surface area contributed by atoms with Gasteiger partial charge in [0, 0.05) is 31.1 Å². The summed E-state index contributed by atoms with van der Waals surface area (Å²) >= 11 is 0. The van der Waals surface area contributed by atoms with Crippen molar-refractivity contribution >= 4 is 15.5 Å². The molecule has 236 valence electrons. The van der Waals surface area contributed by atoms with Gasteiger partial charge in [-0.1, -0.05) is 65.5 Å². The molecule has 6 nitrogen and oxygen atoms in total. The SMILES string of the molecule is CCCCC1(CCCC)CS(=O)(=O)c2ccc(N(C)C)cc2C(c2ccc(OCCCCCN(CC)CC)cc2)[C@H]1O. The predicted octanol–water partition coefficient (Wildman–Crippen LogP) is 7.29. The van der Waals surface area contributed by atoms with Crippen LogP contribution in [0.3, 0.4) is 0 Å². The first-order valence-corrected chi connectivity index (χ1v) is 17.9. The third-order valence-corrected chi connectivity index (χ3v) is 11.2. The van der Waals surface area contributed by atoms with E-state index in [1.165, 1.54) is 6.42 Å². The van der Waals surface area contributed by atoms with E-state index in [1.54, 1.807) is 6.07 Å². The van der Waals surface area contributed by atoms with E-state index in [1.807, 2.05) is 55.4 Å². The van der Waals surface area contributed by atoms with E-state index in [0.717, 1.165) is 75.2 Å². The van der Waals surface area contributed by atoms with Crippen molar-refractivity contribution in [3.63, 3.8) is 0 Å². The Morgan fingerprint density at radius 1 is 0.881 bits per heavy atom. The molecule has 1 N–H and O–H groups in total. The number of rotatable bonds is 17. The lowest BCUT2D eigenvalue weighted by atomic mass is 9.68. The van der Waals surface area contributed by atoms with E-state index < -0.39 is 27.3 Å². The van der Waals surface area contributed by atoms with Crippen LogP contribution in [-0.2, 0) is 9.84 Å². The van der Waals surface area contributed by atoms with Crippen molar-refractivity contribution in [1.82, 2.24) is 4.90 Å². The summed E-state index contributed by atoms with van der Waals surface area (Å²) in [4.78, 5) is 4.80. The number of benzene rings is 2. The van der Waals surface area contributed by atoms with E-state index in [-0.39, 0.29) is 5.75 Å². The molecule has 0 saturated heterocycles. The first-order chi connectivity index (χ1) is 20.1. The molecule has 1 aliphatic heterocycles. The zero-order valence-corrected chi connectivity index (χ0v) is 27.9. The van der Waals surface area contributed by atoms with Crippen molar-refractivity contribution in [1.29, 1.82) is 0 Å². The van der Waals surface area contributed by atoms with Gasteiger partial charge in [-0.05, 0) is 93.2 Å². The molecule has 0 amide bonds. The second-order valence-electron chi connectivity index (χ2n) is 12.4. The molecule has 1 heterocycles. The zero-order valence-electron chi connectivity index (χ0n) is 27.1. The van der Waals surface area contributed by atoms with Crippen LogP contribution in [0.4, 0.5) is 5.69 Å². The molecule has 2 atom stereocenters. The van der Waals surface area contributed by atoms with Crippen molar-refractivity contribution in [3.8, 4) is 5.75 Å². The molecule has 2 aromatic carbocycles. The number of aliphatic hydroxyl groups is 1. The summed E-state index contributed by atoms with van der Waals surface area (Å²) in [5, 5.41) is 12.3. The molecular weight excluding hydrogens is 544 g/mol. The van der Waals surface area contributed by atoms with Gasteiger partial charge in [-0.2, -0.15) is 0 Å². The van der Waals surface area contributed by atoms with Gasteiger partial charge in [0.05, 0.1) is 23.4 Å². The molecule has 0 bridgehead atoms. The number of ether oxygens (including phenoxy) is 1. The third-order valence-electron chi connectivity index (χ3n) is 9.18. The monoisotopic (exact) mass is 600 g/mol. The van der Waals surface area contributed by atoms with Crippen molar-refractivity contribution in [2.45, 2.75) is 102 Å². The fourth-order valence-electron chi connectivity index (χ4n) is 6.51. The molecular formula is C35H56N2O4S. The number of anilines is 1. The van der Waals surface area contributed by atoms with Crippen LogP contribution in [0.1, 0.15) is 103 Å². The molecule has 0 aliphatic carbocycles. The van der Waals surface area contributed by atoms with E-state index >= 15 is 0 Å². The molecule has 0 aromatic heterocycles. The Hall–Kier alpha value is -2.09. The van der Waals surface area contributed by atoms with Crippen molar-refractivity contribution < 1.29 is 18.3 Å². The maximum atomic E-state index is 14.0. The number of aliphatic hydroxyl groups excluding tert-OH is 1. The topological polar surface area (TPSA) is 70.1 Å². The van der Waals surface area contributed by atoms with Gasteiger partial charge in [0.15, 0.2) is 9.84 Å². The minimum Gasteiger partial charge on any atom is -0.494 e. The molecule has 0 spiro atoms. The maximum Gasteiger partial charge on any atom is 0.179 e. The molecule has 1 unspecified atom stereocenters. The largest absolute Gasteiger partial charge is 0.494 e. The van der Waals surface area contributed by atoms with Crippen LogP contribution in [0.25, 0.3) is 0 Å². The average molecular weight is 601 g/mol. The number of nitrogens with zero attached hydrogens (tertiary/aromatic N) is 2. The Labute approximate surface area is 256 Å². The number of fused-ring (bicyclic) bond motifs is 1.